The van der Waals surface area contributed by atoms with Crippen LogP contribution >= 0.6 is 23.2 Å². The van der Waals surface area contributed by atoms with Gasteiger partial charge in [-0.15, -0.1) is 23.2 Å². The van der Waals surface area contributed by atoms with E-state index in [9.17, 15) is 0 Å². The van der Waals surface area contributed by atoms with Gasteiger partial charge in [0.1, 0.15) is 4.84 Å². The van der Waals surface area contributed by atoms with Crippen molar-refractivity contribution in [2.45, 2.75) is 24.1 Å². The van der Waals surface area contributed by atoms with Crippen LogP contribution in [-0.2, 0) is 0 Å². The summed E-state index contributed by atoms with van der Waals surface area (Å²) in [7, 11) is 0. The minimum absolute atomic E-state index is 0.237. The molecular weight excluding hydrogens is 147 g/mol. The Morgan fingerprint density at radius 1 is 1.25 bits per heavy atom. The predicted octanol–water partition coefficient (Wildman–Crippen LogP) is 1.95. The fourth-order valence-corrected chi connectivity index (χ4v) is 0.719. The summed E-state index contributed by atoms with van der Waals surface area (Å²) in [6.07, 6.45) is 2.49. The van der Waals surface area contributed by atoms with E-state index in [-0.39, 0.29) is 11.4 Å². The highest BCUT2D eigenvalue weighted by atomic mass is 35.5. The Balaban J connectivity index is 2.72. The summed E-state index contributed by atoms with van der Waals surface area (Å²) in [5, 5.41) is 8.29. The molecule has 0 saturated heterocycles. The van der Waals surface area contributed by atoms with Gasteiger partial charge >= 0.3 is 0 Å². The van der Waals surface area contributed by atoms with Crippen LogP contribution in [0.5, 0.6) is 0 Å². The molecule has 0 bridgehead atoms. The minimum atomic E-state index is -0.262. The Hall–Kier alpha value is 0.540. The summed E-state index contributed by atoms with van der Waals surface area (Å²) in [6, 6.07) is 0. The van der Waals surface area contributed by atoms with E-state index < -0.39 is 0 Å². The van der Waals surface area contributed by atoms with Gasteiger partial charge in [-0.25, -0.2) is 0 Å². The molecule has 0 unspecified atom stereocenters. The van der Waals surface area contributed by atoms with E-state index >= 15 is 0 Å². The average molecular weight is 157 g/mol. The molecular formula is C5H10Cl2O. The Kier molecular flexibility index (Phi) is 6.06. The molecule has 0 heterocycles. The highest BCUT2D eigenvalue weighted by Crippen LogP contribution is 2.10. The van der Waals surface area contributed by atoms with Gasteiger partial charge in [0.2, 0.25) is 0 Å². The number of alkyl halides is 2. The van der Waals surface area contributed by atoms with Crippen molar-refractivity contribution < 1.29 is 5.11 Å². The number of hydrogen-bond acceptors (Lipinski definition) is 1. The molecule has 3 heteroatoms. The van der Waals surface area contributed by atoms with Crippen LogP contribution in [0.25, 0.3) is 0 Å². The molecule has 50 valence electrons. The van der Waals surface area contributed by atoms with Crippen molar-refractivity contribution in [1.82, 2.24) is 0 Å². The lowest BCUT2D eigenvalue weighted by atomic mass is 10.3. The van der Waals surface area contributed by atoms with Gasteiger partial charge in [-0.05, 0) is 19.3 Å². The van der Waals surface area contributed by atoms with Gasteiger partial charge in [0.05, 0.1) is 0 Å². The minimum Gasteiger partial charge on any atom is -0.396 e. The molecule has 0 aromatic heterocycles. The second kappa shape index (κ2) is 5.67. The molecule has 0 saturated carbocycles. The zero-order valence-electron chi connectivity index (χ0n) is 4.61. The van der Waals surface area contributed by atoms with Gasteiger partial charge in [0.25, 0.3) is 0 Å². The number of hydrogen-bond donors (Lipinski definition) is 1. The molecule has 0 spiro atoms. The lowest BCUT2D eigenvalue weighted by Crippen LogP contribution is -1.88. The lowest BCUT2D eigenvalue weighted by Gasteiger charge is -1.96. The van der Waals surface area contributed by atoms with Crippen LogP contribution in [0, 0.1) is 0 Å². The van der Waals surface area contributed by atoms with E-state index in [0.717, 1.165) is 19.3 Å². The molecule has 0 rings (SSSR count). The van der Waals surface area contributed by atoms with Crippen LogP contribution in [-0.4, -0.2) is 16.5 Å². The van der Waals surface area contributed by atoms with Crippen molar-refractivity contribution >= 4 is 23.2 Å². The van der Waals surface area contributed by atoms with Crippen LogP contribution in [0.1, 0.15) is 19.3 Å². The smallest absolute Gasteiger partial charge is 0.107 e. The van der Waals surface area contributed by atoms with Gasteiger partial charge in [0, 0.05) is 6.61 Å². The fourth-order valence-electron chi connectivity index (χ4n) is 0.410. The Morgan fingerprint density at radius 3 is 2.25 bits per heavy atom. The van der Waals surface area contributed by atoms with Crippen molar-refractivity contribution in [3.05, 3.63) is 0 Å². The summed E-state index contributed by atoms with van der Waals surface area (Å²) in [6.45, 7) is 0.237. The maximum atomic E-state index is 8.29. The molecule has 0 atom stereocenters. The number of aliphatic hydroxyl groups is 1. The third-order valence-corrected chi connectivity index (χ3v) is 1.27. The molecule has 1 N–H and O–H groups in total. The van der Waals surface area contributed by atoms with Crippen molar-refractivity contribution in [3.8, 4) is 0 Å². The van der Waals surface area contributed by atoms with Gasteiger partial charge in [-0.2, -0.15) is 0 Å². The second-order valence-corrected chi connectivity index (χ2v) is 2.89. The molecule has 1 nitrogen and oxygen atoms in total. The van der Waals surface area contributed by atoms with E-state index in [1.807, 2.05) is 0 Å². The third-order valence-electron chi connectivity index (χ3n) is 0.830. The maximum Gasteiger partial charge on any atom is 0.107 e. The zero-order chi connectivity index (χ0) is 6.41. The van der Waals surface area contributed by atoms with E-state index in [1.54, 1.807) is 0 Å². The third kappa shape index (κ3) is 6.54. The quantitative estimate of drug-likeness (QED) is 0.488. The lowest BCUT2D eigenvalue weighted by molar-refractivity contribution is 0.284. The molecule has 0 amide bonds. The molecule has 0 aliphatic rings. The summed E-state index contributed by atoms with van der Waals surface area (Å²) in [5.41, 5.74) is 0. The van der Waals surface area contributed by atoms with Gasteiger partial charge in [-0.3, -0.25) is 0 Å². The van der Waals surface area contributed by atoms with Gasteiger partial charge < -0.3 is 5.11 Å². The maximum absolute atomic E-state index is 8.29. The van der Waals surface area contributed by atoms with E-state index in [1.165, 1.54) is 0 Å². The number of aliphatic hydroxyl groups excluding tert-OH is 1. The number of halogens is 2. The molecule has 0 aromatic carbocycles. The van der Waals surface area contributed by atoms with Gasteiger partial charge in [-0.1, -0.05) is 0 Å². The topological polar surface area (TPSA) is 20.2 Å². The van der Waals surface area contributed by atoms with E-state index in [4.69, 9.17) is 28.3 Å². The molecule has 0 fully saturated rings. The van der Waals surface area contributed by atoms with Crippen LogP contribution in [0.3, 0.4) is 0 Å². The van der Waals surface area contributed by atoms with Crippen LogP contribution in [0.2, 0.25) is 0 Å². The SMILES string of the molecule is OCCCCC(Cl)Cl. The van der Waals surface area contributed by atoms with E-state index in [0.29, 0.717) is 0 Å². The first-order chi connectivity index (χ1) is 3.77. The first kappa shape index (κ1) is 8.54. The van der Waals surface area contributed by atoms with Crippen molar-refractivity contribution in [2.24, 2.45) is 0 Å². The monoisotopic (exact) mass is 156 g/mol. The van der Waals surface area contributed by atoms with Crippen molar-refractivity contribution in [2.75, 3.05) is 6.61 Å². The number of unbranched alkanes of at least 4 members (excludes halogenated alkanes) is 1. The van der Waals surface area contributed by atoms with Crippen LogP contribution < -0.4 is 0 Å². The Morgan fingerprint density at radius 2 is 1.88 bits per heavy atom. The summed E-state index contributed by atoms with van der Waals surface area (Å²) < 4.78 is 0. The molecule has 8 heavy (non-hydrogen) atoms. The molecule has 0 aliphatic heterocycles. The molecule has 0 aromatic rings. The fraction of sp³-hybridized carbons (Fsp3) is 1.00. The summed E-state index contributed by atoms with van der Waals surface area (Å²) in [4.78, 5) is -0.262. The first-order valence-corrected chi connectivity index (χ1v) is 3.53. The van der Waals surface area contributed by atoms with Gasteiger partial charge in [0.15, 0.2) is 0 Å². The van der Waals surface area contributed by atoms with Crippen LogP contribution in [0.4, 0.5) is 0 Å². The zero-order valence-corrected chi connectivity index (χ0v) is 6.12. The standard InChI is InChI=1S/C5H10Cl2O/c6-5(7)3-1-2-4-8/h5,8H,1-4H2. The first-order valence-electron chi connectivity index (χ1n) is 2.66. The Bertz CT molecular complexity index is 47.7. The summed E-state index contributed by atoms with van der Waals surface area (Å²) >= 11 is 10.8. The number of rotatable bonds is 4. The highest BCUT2D eigenvalue weighted by Gasteiger charge is 1.95. The predicted molar refractivity (Wildman–Crippen MR) is 36.4 cm³/mol. The second-order valence-electron chi connectivity index (χ2n) is 1.61. The molecule has 0 aliphatic carbocycles. The normalized spacial score (nSPS) is 10.5. The summed E-state index contributed by atoms with van der Waals surface area (Å²) in [5.74, 6) is 0. The largest absolute Gasteiger partial charge is 0.396 e. The van der Waals surface area contributed by atoms with Crippen LogP contribution in [0.15, 0.2) is 0 Å². The Labute approximate surface area is 59.6 Å². The van der Waals surface area contributed by atoms with Crippen molar-refractivity contribution in [3.63, 3.8) is 0 Å². The highest BCUT2D eigenvalue weighted by molar-refractivity contribution is 6.44. The van der Waals surface area contributed by atoms with E-state index in [2.05, 4.69) is 0 Å². The van der Waals surface area contributed by atoms with Crippen molar-refractivity contribution in [1.29, 1.82) is 0 Å². The average Bonchev–Trinajstić information content (AvgIpc) is 1.66. The molecule has 0 radical (unpaired) electrons.